The van der Waals surface area contributed by atoms with Gasteiger partial charge in [-0.3, -0.25) is 0 Å². The third-order valence-electron chi connectivity index (χ3n) is 3.29. The first-order valence-corrected chi connectivity index (χ1v) is 6.84. The van der Waals surface area contributed by atoms with Crippen LogP contribution in [0.5, 0.6) is 0 Å². The number of benzene rings is 1. The monoisotopic (exact) mass is 249 g/mol. The molecule has 1 atom stereocenters. The highest BCUT2D eigenvalue weighted by atomic mass is 35.5. The van der Waals surface area contributed by atoms with E-state index in [1.54, 1.807) is 0 Å². The van der Waals surface area contributed by atoms with Crippen LogP contribution in [0.2, 0.25) is 5.02 Å². The van der Waals surface area contributed by atoms with Crippen LogP contribution in [0.15, 0.2) is 36.4 Å². The van der Waals surface area contributed by atoms with Crippen LogP contribution >= 0.6 is 11.6 Å². The van der Waals surface area contributed by atoms with Gasteiger partial charge < -0.3 is 5.32 Å². The normalized spacial score (nSPS) is 17.5. The number of rotatable bonds is 5. The highest BCUT2D eigenvalue weighted by molar-refractivity contribution is 6.30. The van der Waals surface area contributed by atoms with Crippen LogP contribution in [0.1, 0.15) is 44.2 Å². The third kappa shape index (κ3) is 3.58. The molecule has 0 aromatic heterocycles. The number of halogens is 1. The van der Waals surface area contributed by atoms with Crippen molar-refractivity contribution in [3.63, 3.8) is 0 Å². The van der Waals surface area contributed by atoms with E-state index in [1.807, 2.05) is 12.1 Å². The molecule has 0 amide bonds. The molecule has 1 aliphatic rings. The summed E-state index contributed by atoms with van der Waals surface area (Å²) >= 11 is 5.93. The van der Waals surface area contributed by atoms with E-state index in [9.17, 15) is 0 Å². The molecule has 1 aromatic carbocycles. The topological polar surface area (TPSA) is 12.0 Å². The quantitative estimate of drug-likeness (QED) is 0.759. The molecule has 0 saturated heterocycles. The highest BCUT2D eigenvalue weighted by Crippen LogP contribution is 2.23. The van der Waals surface area contributed by atoms with Crippen molar-refractivity contribution in [3.05, 3.63) is 47.0 Å². The van der Waals surface area contributed by atoms with Crippen LogP contribution in [0.25, 0.3) is 0 Å². The van der Waals surface area contributed by atoms with Crippen LogP contribution in [-0.4, -0.2) is 6.04 Å². The molecule has 1 unspecified atom stereocenters. The van der Waals surface area contributed by atoms with Crippen molar-refractivity contribution in [1.29, 1.82) is 0 Å². The first kappa shape index (κ1) is 12.7. The molecule has 0 radical (unpaired) electrons. The maximum atomic E-state index is 5.93. The number of hydrogen-bond donors (Lipinski definition) is 1. The first-order valence-electron chi connectivity index (χ1n) is 6.46. The van der Waals surface area contributed by atoms with Gasteiger partial charge in [0, 0.05) is 17.1 Å². The zero-order chi connectivity index (χ0) is 12.1. The minimum atomic E-state index is 0.460. The SMILES string of the molecule is CCCC(NC1CC=CC1)c1ccc(Cl)cc1. The van der Waals surface area contributed by atoms with E-state index in [-0.39, 0.29) is 0 Å². The smallest absolute Gasteiger partial charge is 0.0406 e. The van der Waals surface area contributed by atoms with Gasteiger partial charge >= 0.3 is 0 Å². The Morgan fingerprint density at radius 3 is 2.47 bits per heavy atom. The third-order valence-corrected chi connectivity index (χ3v) is 3.55. The zero-order valence-electron chi connectivity index (χ0n) is 10.3. The van der Waals surface area contributed by atoms with Crippen molar-refractivity contribution >= 4 is 11.6 Å². The Hall–Kier alpha value is -0.790. The fourth-order valence-electron chi connectivity index (χ4n) is 2.37. The molecule has 0 heterocycles. The molecule has 0 spiro atoms. The van der Waals surface area contributed by atoms with Gasteiger partial charge in [-0.05, 0) is 37.0 Å². The second kappa shape index (κ2) is 6.23. The van der Waals surface area contributed by atoms with Gasteiger partial charge in [-0.25, -0.2) is 0 Å². The van der Waals surface area contributed by atoms with Crippen LogP contribution in [0.4, 0.5) is 0 Å². The molecule has 1 aromatic rings. The highest BCUT2D eigenvalue weighted by Gasteiger charge is 2.16. The molecular weight excluding hydrogens is 230 g/mol. The largest absolute Gasteiger partial charge is 0.307 e. The van der Waals surface area contributed by atoms with Crippen molar-refractivity contribution in [2.24, 2.45) is 0 Å². The predicted molar refractivity (Wildman–Crippen MR) is 74.4 cm³/mol. The second-order valence-electron chi connectivity index (χ2n) is 4.70. The molecule has 0 fully saturated rings. The first-order chi connectivity index (χ1) is 8.29. The molecule has 0 aliphatic heterocycles. The summed E-state index contributed by atoms with van der Waals surface area (Å²) in [6, 6.07) is 9.31. The summed E-state index contributed by atoms with van der Waals surface area (Å²) in [5, 5.41) is 4.56. The van der Waals surface area contributed by atoms with E-state index in [1.165, 1.54) is 18.4 Å². The molecule has 92 valence electrons. The molecule has 17 heavy (non-hydrogen) atoms. The Balaban J connectivity index is 2.02. The average Bonchev–Trinajstić information content (AvgIpc) is 2.82. The Labute approximate surface area is 109 Å². The standard InChI is InChI=1S/C15H20ClN/c1-2-5-15(17-14-6-3-4-7-14)12-8-10-13(16)11-9-12/h3-4,8-11,14-15,17H,2,5-7H2,1H3. The summed E-state index contributed by atoms with van der Waals surface area (Å²) in [4.78, 5) is 0. The summed E-state index contributed by atoms with van der Waals surface area (Å²) in [6.07, 6.45) is 9.23. The lowest BCUT2D eigenvalue weighted by molar-refractivity contribution is 0.424. The molecule has 0 saturated carbocycles. The maximum absolute atomic E-state index is 5.93. The minimum absolute atomic E-state index is 0.460. The Bertz CT molecular complexity index is 361. The molecule has 0 bridgehead atoms. The lowest BCUT2D eigenvalue weighted by atomic mass is 10.0. The van der Waals surface area contributed by atoms with Crippen molar-refractivity contribution in [1.82, 2.24) is 5.32 Å². The molecule has 1 nitrogen and oxygen atoms in total. The van der Waals surface area contributed by atoms with Crippen LogP contribution in [0, 0.1) is 0 Å². The molecule has 1 aliphatic carbocycles. The van der Waals surface area contributed by atoms with Crippen molar-refractivity contribution in [2.45, 2.75) is 44.7 Å². The summed E-state index contributed by atoms with van der Waals surface area (Å²) in [5.41, 5.74) is 1.35. The summed E-state index contributed by atoms with van der Waals surface area (Å²) in [7, 11) is 0. The Morgan fingerprint density at radius 2 is 1.88 bits per heavy atom. The van der Waals surface area contributed by atoms with Crippen molar-refractivity contribution in [2.75, 3.05) is 0 Å². The van der Waals surface area contributed by atoms with E-state index >= 15 is 0 Å². The van der Waals surface area contributed by atoms with Crippen molar-refractivity contribution < 1.29 is 0 Å². The summed E-state index contributed by atoms with van der Waals surface area (Å²) in [6.45, 7) is 2.23. The van der Waals surface area contributed by atoms with E-state index in [2.05, 4.69) is 36.5 Å². The zero-order valence-corrected chi connectivity index (χ0v) is 11.1. The number of nitrogens with one attached hydrogen (secondary N) is 1. The number of hydrogen-bond acceptors (Lipinski definition) is 1. The van der Waals surface area contributed by atoms with Gasteiger partial charge in [0.2, 0.25) is 0 Å². The van der Waals surface area contributed by atoms with Crippen LogP contribution in [-0.2, 0) is 0 Å². The molecular formula is C15H20ClN. The van der Waals surface area contributed by atoms with Crippen LogP contribution in [0.3, 0.4) is 0 Å². The van der Waals surface area contributed by atoms with E-state index < -0.39 is 0 Å². The maximum Gasteiger partial charge on any atom is 0.0406 e. The Morgan fingerprint density at radius 1 is 1.24 bits per heavy atom. The molecule has 1 N–H and O–H groups in total. The lowest BCUT2D eigenvalue weighted by Crippen LogP contribution is -2.30. The van der Waals surface area contributed by atoms with E-state index in [0.29, 0.717) is 12.1 Å². The van der Waals surface area contributed by atoms with E-state index in [4.69, 9.17) is 11.6 Å². The van der Waals surface area contributed by atoms with Gasteiger partial charge in [-0.15, -0.1) is 0 Å². The van der Waals surface area contributed by atoms with Gasteiger partial charge in [0.15, 0.2) is 0 Å². The van der Waals surface area contributed by atoms with Gasteiger partial charge in [0.25, 0.3) is 0 Å². The molecule has 2 heteroatoms. The van der Waals surface area contributed by atoms with Gasteiger partial charge in [-0.1, -0.05) is 49.2 Å². The Kier molecular flexibility index (Phi) is 4.64. The average molecular weight is 250 g/mol. The van der Waals surface area contributed by atoms with Gasteiger partial charge in [-0.2, -0.15) is 0 Å². The predicted octanol–water partition coefficient (Wildman–Crippen LogP) is 4.49. The van der Waals surface area contributed by atoms with Gasteiger partial charge in [0.05, 0.1) is 0 Å². The lowest BCUT2D eigenvalue weighted by Gasteiger charge is -2.23. The summed E-state index contributed by atoms with van der Waals surface area (Å²) < 4.78 is 0. The van der Waals surface area contributed by atoms with Gasteiger partial charge in [0.1, 0.15) is 0 Å². The van der Waals surface area contributed by atoms with E-state index in [0.717, 1.165) is 17.9 Å². The molecule has 2 rings (SSSR count). The van der Waals surface area contributed by atoms with Crippen LogP contribution < -0.4 is 5.32 Å². The second-order valence-corrected chi connectivity index (χ2v) is 5.14. The van der Waals surface area contributed by atoms with Crippen molar-refractivity contribution in [3.8, 4) is 0 Å². The summed E-state index contributed by atoms with van der Waals surface area (Å²) in [5.74, 6) is 0. The fourth-order valence-corrected chi connectivity index (χ4v) is 2.49. The fraction of sp³-hybridized carbons (Fsp3) is 0.467. The minimum Gasteiger partial charge on any atom is -0.307 e.